The van der Waals surface area contributed by atoms with Gasteiger partial charge in [-0.25, -0.2) is 0 Å². The molecule has 1 heterocycles. The van der Waals surface area contributed by atoms with Crippen LogP contribution in [0.1, 0.15) is 30.0 Å². The highest BCUT2D eigenvalue weighted by Crippen LogP contribution is 2.31. The average Bonchev–Trinajstić information content (AvgIpc) is 2.79. The summed E-state index contributed by atoms with van der Waals surface area (Å²) in [4.78, 5) is 13.4. The van der Waals surface area contributed by atoms with E-state index in [4.69, 9.17) is 0 Å². The highest BCUT2D eigenvalue weighted by atomic mass is 32.3. The van der Waals surface area contributed by atoms with Crippen LogP contribution in [0, 0.1) is 6.92 Å². The Morgan fingerprint density at radius 3 is 2.48 bits per heavy atom. The molecular formula is C14H18FNO4S. The summed E-state index contributed by atoms with van der Waals surface area (Å²) in [5.74, 6) is -0.403. The highest BCUT2D eigenvalue weighted by molar-refractivity contribution is 7.87. The molecule has 0 aromatic heterocycles. The predicted octanol–water partition coefficient (Wildman–Crippen LogP) is 1.32. The lowest BCUT2D eigenvalue weighted by atomic mass is 10.0. The Labute approximate surface area is 123 Å². The van der Waals surface area contributed by atoms with Crippen molar-refractivity contribution in [1.29, 1.82) is 0 Å². The fourth-order valence-corrected chi connectivity index (χ4v) is 3.28. The Morgan fingerprint density at radius 2 is 2.00 bits per heavy atom. The summed E-state index contributed by atoms with van der Waals surface area (Å²) < 4.78 is 35.1. The molecular weight excluding hydrogens is 297 g/mol. The first-order valence-corrected chi connectivity index (χ1v) is 8.18. The van der Waals surface area contributed by atoms with E-state index >= 15 is 0 Å². The SMILES string of the molecule is Cc1ccc(C(CCO)N2CC(S(=O)(=O)F)CC2=O)cc1. The zero-order chi connectivity index (χ0) is 15.6. The summed E-state index contributed by atoms with van der Waals surface area (Å²) in [7, 11) is -4.73. The molecule has 21 heavy (non-hydrogen) atoms. The fraction of sp³-hybridized carbons (Fsp3) is 0.500. The van der Waals surface area contributed by atoms with E-state index in [1.54, 1.807) is 0 Å². The van der Waals surface area contributed by atoms with E-state index in [2.05, 4.69) is 0 Å². The van der Waals surface area contributed by atoms with Crippen molar-refractivity contribution in [2.75, 3.05) is 13.2 Å². The number of aryl methyl sites for hydroxylation is 1. The molecule has 0 saturated carbocycles. The van der Waals surface area contributed by atoms with E-state index in [1.807, 2.05) is 31.2 Å². The predicted molar refractivity (Wildman–Crippen MR) is 75.8 cm³/mol. The second-order valence-electron chi connectivity index (χ2n) is 5.29. The van der Waals surface area contributed by atoms with Crippen LogP contribution in [-0.4, -0.2) is 42.7 Å². The minimum Gasteiger partial charge on any atom is -0.396 e. The van der Waals surface area contributed by atoms with E-state index in [0.29, 0.717) is 0 Å². The van der Waals surface area contributed by atoms with Crippen LogP contribution in [-0.2, 0) is 15.0 Å². The van der Waals surface area contributed by atoms with Crippen molar-refractivity contribution in [3.63, 3.8) is 0 Å². The quantitative estimate of drug-likeness (QED) is 0.832. The standard InChI is InChI=1S/C14H18FNO4S/c1-10-2-4-11(5-3-10)13(6-7-17)16-9-12(8-14(16)18)21(15,19)20/h2-5,12-13,17H,6-9H2,1H3. The van der Waals surface area contributed by atoms with Gasteiger partial charge in [0.2, 0.25) is 5.91 Å². The molecule has 1 saturated heterocycles. The molecule has 1 N–H and O–H groups in total. The van der Waals surface area contributed by atoms with Crippen LogP contribution in [0.3, 0.4) is 0 Å². The third kappa shape index (κ3) is 3.59. The Balaban J connectivity index is 2.26. The molecule has 2 atom stereocenters. The molecule has 2 rings (SSSR count). The maximum Gasteiger partial charge on any atom is 0.307 e. The van der Waals surface area contributed by atoms with Crippen LogP contribution >= 0.6 is 0 Å². The molecule has 1 aromatic rings. The van der Waals surface area contributed by atoms with Gasteiger partial charge in [0.25, 0.3) is 0 Å². The van der Waals surface area contributed by atoms with Crippen LogP contribution < -0.4 is 0 Å². The second kappa shape index (κ2) is 6.11. The van der Waals surface area contributed by atoms with Gasteiger partial charge in [-0.1, -0.05) is 29.8 Å². The van der Waals surface area contributed by atoms with Gasteiger partial charge in [0.1, 0.15) is 5.25 Å². The molecule has 116 valence electrons. The minimum atomic E-state index is -4.73. The van der Waals surface area contributed by atoms with Gasteiger partial charge in [-0.3, -0.25) is 4.79 Å². The molecule has 0 radical (unpaired) electrons. The number of carbonyl (C=O) groups is 1. The number of nitrogens with zero attached hydrogens (tertiary/aromatic N) is 1. The first-order chi connectivity index (χ1) is 9.82. The molecule has 1 amide bonds. The van der Waals surface area contributed by atoms with Crippen molar-refractivity contribution in [3.8, 4) is 0 Å². The summed E-state index contributed by atoms with van der Waals surface area (Å²) >= 11 is 0. The van der Waals surface area contributed by atoms with Crippen molar-refractivity contribution in [3.05, 3.63) is 35.4 Å². The Hall–Kier alpha value is -1.47. The second-order valence-corrected chi connectivity index (χ2v) is 6.90. The molecule has 1 fully saturated rings. The van der Waals surface area contributed by atoms with Gasteiger partial charge in [0.15, 0.2) is 0 Å². The summed E-state index contributed by atoms with van der Waals surface area (Å²) in [6.45, 7) is 1.61. The Bertz CT molecular complexity index is 614. The van der Waals surface area contributed by atoms with E-state index in [-0.39, 0.29) is 26.0 Å². The summed E-state index contributed by atoms with van der Waals surface area (Å²) in [5.41, 5.74) is 1.86. The number of rotatable bonds is 5. The lowest BCUT2D eigenvalue weighted by molar-refractivity contribution is -0.130. The van der Waals surface area contributed by atoms with Gasteiger partial charge < -0.3 is 10.0 Å². The van der Waals surface area contributed by atoms with Crippen molar-refractivity contribution >= 4 is 16.1 Å². The van der Waals surface area contributed by atoms with Gasteiger partial charge >= 0.3 is 10.2 Å². The number of aliphatic hydroxyl groups excluding tert-OH is 1. The van der Waals surface area contributed by atoms with Gasteiger partial charge in [0.05, 0.1) is 6.04 Å². The molecule has 1 aromatic carbocycles. The number of likely N-dealkylation sites (tertiary alicyclic amines) is 1. The molecule has 1 aliphatic rings. The zero-order valence-electron chi connectivity index (χ0n) is 11.7. The highest BCUT2D eigenvalue weighted by Gasteiger charge is 2.41. The van der Waals surface area contributed by atoms with Gasteiger partial charge in [-0.15, -0.1) is 3.89 Å². The summed E-state index contributed by atoms with van der Waals surface area (Å²) in [6.07, 6.45) is -0.0551. The minimum absolute atomic E-state index is 0.143. The topological polar surface area (TPSA) is 74.7 Å². The number of hydrogen-bond acceptors (Lipinski definition) is 4. The number of halogens is 1. The maximum absolute atomic E-state index is 13.1. The molecule has 5 nitrogen and oxygen atoms in total. The van der Waals surface area contributed by atoms with E-state index in [9.17, 15) is 22.2 Å². The lowest BCUT2D eigenvalue weighted by Gasteiger charge is -2.28. The molecule has 1 aliphatic heterocycles. The van der Waals surface area contributed by atoms with Crippen molar-refractivity contribution < 1.29 is 22.2 Å². The summed E-state index contributed by atoms with van der Waals surface area (Å²) in [5, 5.41) is 7.89. The van der Waals surface area contributed by atoms with Gasteiger partial charge in [0, 0.05) is 19.6 Å². The third-order valence-electron chi connectivity index (χ3n) is 3.76. The number of benzene rings is 1. The number of aliphatic hydroxyl groups is 1. The smallest absolute Gasteiger partial charge is 0.307 e. The van der Waals surface area contributed by atoms with Crippen LogP contribution in [0.4, 0.5) is 3.89 Å². The van der Waals surface area contributed by atoms with Crippen LogP contribution in [0.5, 0.6) is 0 Å². The maximum atomic E-state index is 13.1. The largest absolute Gasteiger partial charge is 0.396 e. The Kier molecular flexibility index (Phi) is 4.63. The van der Waals surface area contributed by atoms with E-state index in [0.717, 1.165) is 11.1 Å². The van der Waals surface area contributed by atoms with Crippen LogP contribution in [0.2, 0.25) is 0 Å². The first-order valence-electron chi connectivity index (χ1n) is 6.73. The number of amides is 1. The normalized spacial score (nSPS) is 20.8. The number of hydrogen-bond donors (Lipinski definition) is 1. The fourth-order valence-electron chi connectivity index (χ4n) is 2.60. The first kappa shape index (κ1) is 15.9. The molecule has 7 heteroatoms. The molecule has 0 spiro atoms. The Morgan fingerprint density at radius 1 is 1.38 bits per heavy atom. The van der Waals surface area contributed by atoms with Crippen LogP contribution in [0.25, 0.3) is 0 Å². The number of carbonyl (C=O) groups excluding carboxylic acids is 1. The van der Waals surface area contributed by atoms with Crippen molar-refractivity contribution in [2.45, 2.75) is 31.1 Å². The molecule has 0 aliphatic carbocycles. The van der Waals surface area contributed by atoms with E-state index in [1.165, 1.54) is 4.90 Å². The monoisotopic (exact) mass is 315 g/mol. The average molecular weight is 315 g/mol. The third-order valence-corrected chi connectivity index (χ3v) is 4.87. The van der Waals surface area contributed by atoms with Crippen molar-refractivity contribution in [2.24, 2.45) is 0 Å². The molecule has 0 bridgehead atoms. The molecule has 2 unspecified atom stereocenters. The zero-order valence-corrected chi connectivity index (χ0v) is 12.5. The van der Waals surface area contributed by atoms with Crippen molar-refractivity contribution in [1.82, 2.24) is 4.90 Å². The lowest BCUT2D eigenvalue weighted by Crippen LogP contribution is -2.32. The summed E-state index contributed by atoms with van der Waals surface area (Å²) in [6, 6.07) is 6.99. The van der Waals surface area contributed by atoms with Gasteiger partial charge in [-0.05, 0) is 18.9 Å². The van der Waals surface area contributed by atoms with E-state index < -0.39 is 27.4 Å². The van der Waals surface area contributed by atoms with Crippen LogP contribution in [0.15, 0.2) is 24.3 Å². The van der Waals surface area contributed by atoms with Gasteiger partial charge in [-0.2, -0.15) is 8.42 Å².